The van der Waals surface area contributed by atoms with E-state index in [0.717, 1.165) is 25.7 Å². The molecule has 1 aliphatic carbocycles. The number of hydrogen-bond acceptors (Lipinski definition) is 5. The van der Waals surface area contributed by atoms with E-state index in [9.17, 15) is 4.79 Å². The van der Waals surface area contributed by atoms with Crippen molar-refractivity contribution in [2.75, 3.05) is 12.8 Å². The van der Waals surface area contributed by atoms with Crippen LogP contribution in [0, 0.1) is 0 Å². The number of carbonyl (C=O) groups is 1. The molecule has 0 atom stereocenters. The van der Waals surface area contributed by atoms with E-state index in [1.165, 1.54) is 0 Å². The van der Waals surface area contributed by atoms with Gasteiger partial charge in [0.1, 0.15) is 5.60 Å². The molecule has 1 aromatic carbocycles. The molecule has 24 heavy (non-hydrogen) atoms. The van der Waals surface area contributed by atoms with Gasteiger partial charge in [-0.3, -0.25) is 0 Å². The summed E-state index contributed by atoms with van der Waals surface area (Å²) in [5.41, 5.74) is 5.98. The number of hydrogen-bond donors (Lipinski definition) is 2. The Bertz CT molecular complexity index is 561. The summed E-state index contributed by atoms with van der Waals surface area (Å²) in [5.74, 6) is 1.35. The molecule has 0 unspecified atom stereocenters. The Labute approximate surface area is 143 Å². The SMILES string of the molecule is COc1ccc(N)cc1OC1CCC(NC(=O)OC(C)(C)C)CC1. The zero-order valence-corrected chi connectivity index (χ0v) is 14.9. The van der Waals surface area contributed by atoms with Crippen molar-refractivity contribution in [3.8, 4) is 11.5 Å². The molecule has 1 aliphatic rings. The van der Waals surface area contributed by atoms with Crippen LogP contribution in [0.5, 0.6) is 11.5 Å². The van der Waals surface area contributed by atoms with Crippen LogP contribution in [0.4, 0.5) is 10.5 Å². The minimum atomic E-state index is -0.478. The molecule has 3 N–H and O–H groups in total. The Morgan fingerprint density at radius 1 is 1.17 bits per heavy atom. The average molecular weight is 336 g/mol. The van der Waals surface area contributed by atoms with Gasteiger partial charge in [-0.15, -0.1) is 0 Å². The molecule has 1 aromatic rings. The molecule has 6 heteroatoms. The Morgan fingerprint density at radius 2 is 1.83 bits per heavy atom. The second kappa shape index (κ2) is 7.64. The maximum Gasteiger partial charge on any atom is 0.407 e. The monoisotopic (exact) mass is 336 g/mol. The van der Waals surface area contributed by atoms with E-state index in [4.69, 9.17) is 19.9 Å². The van der Waals surface area contributed by atoms with Gasteiger partial charge in [0.2, 0.25) is 0 Å². The van der Waals surface area contributed by atoms with Crippen molar-refractivity contribution in [3.05, 3.63) is 18.2 Å². The number of ether oxygens (including phenoxy) is 3. The van der Waals surface area contributed by atoms with Gasteiger partial charge in [-0.25, -0.2) is 4.79 Å². The fourth-order valence-corrected chi connectivity index (χ4v) is 2.76. The zero-order valence-electron chi connectivity index (χ0n) is 14.9. The van der Waals surface area contributed by atoms with Crippen molar-refractivity contribution < 1.29 is 19.0 Å². The van der Waals surface area contributed by atoms with Gasteiger partial charge < -0.3 is 25.3 Å². The topological polar surface area (TPSA) is 82.8 Å². The van der Waals surface area contributed by atoms with Crippen LogP contribution in [-0.2, 0) is 4.74 Å². The van der Waals surface area contributed by atoms with Gasteiger partial charge in [0.05, 0.1) is 13.2 Å². The van der Waals surface area contributed by atoms with E-state index < -0.39 is 5.60 Å². The number of carbonyl (C=O) groups excluding carboxylic acids is 1. The Hall–Kier alpha value is -2.11. The van der Waals surface area contributed by atoms with E-state index in [-0.39, 0.29) is 18.2 Å². The highest BCUT2D eigenvalue weighted by Crippen LogP contribution is 2.32. The third kappa shape index (κ3) is 5.51. The number of anilines is 1. The van der Waals surface area contributed by atoms with E-state index in [1.807, 2.05) is 20.8 Å². The van der Waals surface area contributed by atoms with Gasteiger partial charge in [-0.05, 0) is 58.6 Å². The van der Waals surface area contributed by atoms with Gasteiger partial charge in [0.25, 0.3) is 0 Å². The summed E-state index contributed by atoms with van der Waals surface area (Å²) in [5, 5.41) is 2.93. The van der Waals surface area contributed by atoms with Gasteiger partial charge in [-0.2, -0.15) is 0 Å². The normalized spacial score (nSPS) is 21.0. The predicted octanol–water partition coefficient (Wildman–Crippen LogP) is 3.49. The van der Waals surface area contributed by atoms with Crippen LogP contribution < -0.4 is 20.5 Å². The standard InChI is InChI=1S/C18H28N2O4/c1-18(2,3)24-17(21)20-13-6-8-14(9-7-13)23-16-11-12(19)5-10-15(16)22-4/h5,10-11,13-14H,6-9,19H2,1-4H3,(H,20,21). The first-order valence-electron chi connectivity index (χ1n) is 8.36. The molecule has 1 saturated carbocycles. The molecule has 2 rings (SSSR count). The highest BCUT2D eigenvalue weighted by atomic mass is 16.6. The number of alkyl carbamates (subject to hydrolysis) is 1. The average Bonchev–Trinajstić information content (AvgIpc) is 2.47. The molecule has 0 aromatic heterocycles. The summed E-state index contributed by atoms with van der Waals surface area (Å²) in [6.45, 7) is 5.57. The molecule has 0 spiro atoms. The molecule has 0 saturated heterocycles. The van der Waals surface area contributed by atoms with Crippen molar-refractivity contribution in [3.63, 3.8) is 0 Å². The largest absolute Gasteiger partial charge is 0.493 e. The summed E-state index contributed by atoms with van der Waals surface area (Å²) in [6, 6.07) is 5.50. The van der Waals surface area contributed by atoms with Crippen LogP contribution in [-0.4, -0.2) is 30.9 Å². The highest BCUT2D eigenvalue weighted by Gasteiger charge is 2.26. The minimum absolute atomic E-state index is 0.0948. The van der Waals surface area contributed by atoms with Crippen LogP contribution >= 0.6 is 0 Å². The van der Waals surface area contributed by atoms with Crippen LogP contribution in [0.15, 0.2) is 18.2 Å². The van der Waals surface area contributed by atoms with Crippen molar-refractivity contribution in [2.45, 2.75) is 64.2 Å². The Balaban J connectivity index is 1.83. The maximum atomic E-state index is 11.8. The lowest BCUT2D eigenvalue weighted by molar-refractivity contribution is 0.0470. The van der Waals surface area contributed by atoms with Crippen LogP contribution in [0.3, 0.4) is 0 Å². The summed E-state index contributed by atoms with van der Waals surface area (Å²) in [7, 11) is 1.61. The van der Waals surface area contributed by atoms with Crippen molar-refractivity contribution >= 4 is 11.8 Å². The first-order valence-corrected chi connectivity index (χ1v) is 8.36. The van der Waals surface area contributed by atoms with Gasteiger partial charge in [-0.1, -0.05) is 0 Å². The lowest BCUT2D eigenvalue weighted by Gasteiger charge is -2.30. The number of amides is 1. The number of methoxy groups -OCH3 is 1. The Morgan fingerprint density at radius 3 is 2.42 bits per heavy atom. The van der Waals surface area contributed by atoms with Gasteiger partial charge in [0.15, 0.2) is 11.5 Å². The second-order valence-electron chi connectivity index (χ2n) is 7.15. The van der Waals surface area contributed by atoms with E-state index in [1.54, 1.807) is 25.3 Å². The fraction of sp³-hybridized carbons (Fsp3) is 0.611. The van der Waals surface area contributed by atoms with Crippen molar-refractivity contribution in [1.29, 1.82) is 0 Å². The number of nitrogens with two attached hydrogens (primary N) is 1. The lowest BCUT2D eigenvalue weighted by Crippen LogP contribution is -2.42. The first-order chi connectivity index (χ1) is 11.3. The van der Waals surface area contributed by atoms with E-state index in [0.29, 0.717) is 17.2 Å². The quantitative estimate of drug-likeness (QED) is 0.822. The summed E-state index contributed by atoms with van der Waals surface area (Å²) in [4.78, 5) is 11.8. The number of rotatable bonds is 4. The van der Waals surface area contributed by atoms with E-state index >= 15 is 0 Å². The molecular formula is C18H28N2O4. The smallest absolute Gasteiger partial charge is 0.407 e. The Kier molecular flexibility index (Phi) is 5.80. The predicted molar refractivity (Wildman–Crippen MR) is 93.4 cm³/mol. The van der Waals surface area contributed by atoms with E-state index in [2.05, 4.69) is 5.32 Å². The summed E-state index contributed by atoms with van der Waals surface area (Å²) in [6.07, 6.45) is 3.17. The fourth-order valence-electron chi connectivity index (χ4n) is 2.76. The second-order valence-corrected chi connectivity index (χ2v) is 7.15. The molecule has 0 bridgehead atoms. The molecular weight excluding hydrogens is 308 g/mol. The van der Waals surface area contributed by atoms with Gasteiger partial charge >= 0.3 is 6.09 Å². The zero-order chi connectivity index (χ0) is 17.7. The summed E-state index contributed by atoms with van der Waals surface area (Å²) < 4.78 is 16.6. The molecule has 6 nitrogen and oxygen atoms in total. The number of nitrogen functional groups attached to an aromatic ring is 1. The first kappa shape index (κ1) is 18.2. The third-order valence-corrected chi connectivity index (χ3v) is 3.88. The summed E-state index contributed by atoms with van der Waals surface area (Å²) >= 11 is 0. The van der Waals surface area contributed by atoms with Crippen molar-refractivity contribution in [2.24, 2.45) is 0 Å². The molecule has 134 valence electrons. The maximum absolute atomic E-state index is 11.8. The molecule has 0 heterocycles. The highest BCUT2D eigenvalue weighted by molar-refractivity contribution is 5.68. The van der Waals surface area contributed by atoms with Crippen molar-refractivity contribution in [1.82, 2.24) is 5.32 Å². The molecule has 0 radical (unpaired) electrons. The minimum Gasteiger partial charge on any atom is -0.493 e. The van der Waals surface area contributed by atoms with Crippen LogP contribution in [0.2, 0.25) is 0 Å². The number of benzene rings is 1. The van der Waals surface area contributed by atoms with Crippen LogP contribution in [0.1, 0.15) is 46.5 Å². The molecule has 1 amide bonds. The lowest BCUT2D eigenvalue weighted by atomic mass is 9.93. The molecule has 0 aliphatic heterocycles. The third-order valence-electron chi connectivity index (χ3n) is 3.88. The molecule has 1 fully saturated rings. The van der Waals surface area contributed by atoms with Crippen LogP contribution in [0.25, 0.3) is 0 Å². The van der Waals surface area contributed by atoms with Gasteiger partial charge in [0, 0.05) is 17.8 Å². The number of nitrogens with one attached hydrogen (secondary N) is 1.